The van der Waals surface area contributed by atoms with Crippen molar-refractivity contribution in [2.75, 3.05) is 0 Å². The Morgan fingerprint density at radius 2 is 0.327 bits per heavy atom. The van der Waals surface area contributed by atoms with Gasteiger partial charge in [0.25, 0.3) is 0 Å². The minimum Gasteiger partial charge on any atom is -0.237 e. The minimum atomic E-state index is 0.626. The highest BCUT2D eigenvalue weighted by Gasteiger charge is 2.25. The highest BCUT2D eigenvalue weighted by molar-refractivity contribution is 7.26. The van der Waals surface area contributed by atoms with Crippen molar-refractivity contribution in [1.29, 1.82) is 0 Å². The van der Waals surface area contributed by atoms with Crippen LogP contribution < -0.4 is 0 Å². The van der Waals surface area contributed by atoms with Crippen LogP contribution in [0.2, 0.25) is 0 Å². The molecule has 0 amide bonds. The van der Waals surface area contributed by atoms with E-state index in [9.17, 15) is 0 Å². The molecule has 19 aromatic carbocycles. The van der Waals surface area contributed by atoms with E-state index in [1.165, 1.54) is 79.8 Å². The van der Waals surface area contributed by atoms with E-state index in [4.69, 9.17) is 54.8 Å². The summed E-state index contributed by atoms with van der Waals surface area (Å²) in [6.07, 6.45) is 0. The maximum atomic E-state index is 5.10. The monoisotopic (exact) mass is 1930 g/mol. The predicted molar refractivity (Wildman–Crippen MR) is 613 cm³/mol. The second kappa shape index (κ2) is 38.9. The topological polar surface area (TPSA) is 142 Å². The van der Waals surface area contributed by atoms with Gasteiger partial charge in [-0.15, -0.1) is 34.0 Å². The van der Waals surface area contributed by atoms with Crippen molar-refractivity contribution in [3.8, 4) is 180 Å². The summed E-state index contributed by atoms with van der Waals surface area (Å²) in [4.78, 5) is 58.7. The number of nitrogens with zero attached hydrogens (tertiary/aromatic N) is 11. The van der Waals surface area contributed by atoms with Gasteiger partial charge in [-0.05, 0) is 116 Å². The number of benzene rings is 19. The maximum absolute atomic E-state index is 5.10. The van der Waals surface area contributed by atoms with Crippen molar-refractivity contribution in [1.82, 2.24) is 54.8 Å². The van der Waals surface area contributed by atoms with Crippen LogP contribution in [0.3, 0.4) is 0 Å². The first-order valence-corrected chi connectivity index (χ1v) is 51.3. The zero-order valence-electron chi connectivity index (χ0n) is 79.1. The van der Waals surface area contributed by atoms with Gasteiger partial charge in [-0.3, -0.25) is 0 Å². The Morgan fingerprint density at radius 3 is 0.653 bits per heavy atom. The van der Waals surface area contributed by atoms with E-state index in [0.717, 1.165) is 153 Å². The Morgan fingerprint density at radius 1 is 0.122 bits per heavy atom. The fourth-order valence-electron chi connectivity index (χ4n) is 19.8. The van der Waals surface area contributed by atoms with E-state index < -0.39 is 0 Å². The van der Waals surface area contributed by atoms with E-state index in [-0.39, 0.29) is 0 Å². The van der Waals surface area contributed by atoms with Gasteiger partial charge in [0.2, 0.25) is 0 Å². The zero-order valence-corrected chi connectivity index (χ0v) is 81.5. The lowest BCUT2D eigenvalue weighted by molar-refractivity contribution is 1.07. The fourth-order valence-corrected chi connectivity index (χ4v) is 23.1. The summed E-state index contributed by atoms with van der Waals surface area (Å²) in [5.41, 5.74) is 29.8. The Balaban J connectivity index is 0.000000112. The van der Waals surface area contributed by atoms with E-state index >= 15 is 0 Å². The van der Waals surface area contributed by atoms with E-state index in [1.54, 1.807) is 34.0 Å². The van der Waals surface area contributed by atoms with Crippen LogP contribution in [0.4, 0.5) is 0 Å². The lowest BCUT2D eigenvalue weighted by Crippen LogP contribution is -2.00. The molecule has 0 atom stereocenters. The van der Waals surface area contributed by atoms with Gasteiger partial charge in [-0.25, -0.2) is 54.8 Å². The second-order valence-electron chi connectivity index (χ2n) is 36.2. The van der Waals surface area contributed by atoms with Crippen LogP contribution in [0, 0.1) is 0 Å². The molecule has 147 heavy (non-hydrogen) atoms. The molecule has 0 unspecified atom stereocenters. The lowest BCUT2D eigenvalue weighted by Gasteiger charge is -2.12. The smallest absolute Gasteiger partial charge is 0.164 e. The molecule has 0 aliphatic carbocycles. The Kier molecular flexibility index (Phi) is 23.4. The number of thiophene rings is 3. The van der Waals surface area contributed by atoms with Crippen LogP contribution in [-0.4, -0.2) is 54.8 Å². The van der Waals surface area contributed by atoms with Crippen molar-refractivity contribution < 1.29 is 0 Å². The highest BCUT2D eigenvalue weighted by atomic mass is 32.1. The largest absolute Gasteiger partial charge is 0.237 e. The average molecular weight is 1930 g/mol. The van der Waals surface area contributed by atoms with Crippen LogP contribution in [0.15, 0.2) is 504 Å². The van der Waals surface area contributed by atoms with Gasteiger partial charge in [-0.1, -0.05) is 449 Å². The third-order valence-corrected chi connectivity index (χ3v) is 30.2. The van der Waals surface area contributed by atoms with Crippen LogP contribution in [0.1, 0.15) is 0 Å². The third-order valence-electron chi connectivity index (χ3n) is 27.1. The highest BCUT2D eigenvalue weighted by Crippen LogP contribution is 2.49. The number of fused-ring (bicyclic) bond motifs is 12. The molecule has 9 aromatic heterocycles. The van der Waals surface area contributed by atoms with Crippen molar-refractivity contribution >= 4 is 128 Å². The first-order valence-electron chi connectivity index (χ1n) is 48.9. The molecule has 28 aromatic rings. The Hall–Kier alpha value is -18.8. The summed E-state index contributed by atoms with van der Waals surface area (Å²) >= 11 is 5.25. The second-order valence-corrected chi connectivity index (χ2v) is 39.3. The fraction of sp³-hybridized carbons (Fsp3) is 0. The van der Waals surface area contributed by atoms with Crippen molar-refractivity contribution in [3.05, 3.63) is 504 Å². The molecule has 11 nitrogen and oxygen atoms in total. The number of hydrogen-bond acceptors (Lipinski definition) is 14. The van der Waals surface area contributed by atoms with Gasteiger partial charge in [0, 0.05) is 129 Å². The minimum absolute atomic E-state index is 0.626. The molecule has 28 rings (SSSR count). The van der Waals surface area contributed by atoms with Crippen molar-refractivity contribution in [2.24, 2.45) is 0 Å². The number of pyridine rings is 3. The molecule has 0 spiro atoms. The quantitative estimate of drug-likeness (QED) is 0.0912. The Labute approximate surface area is 859 Å². The van der Waals surface area contributed by atoms with Gasteiger partial charge < -0.3 is 0 Å². The zero-order chi connectivity index (χ0) is 97.5. The summed E-state index contributed by atoms with van der Waals surface area (Å²) in [7, 11) is 0. The molecule has 9 heterocycles. The van der Waals surface area contributed by atoms with Crippen molar-refractivity contribution in [3.63, 3.8) is 0 Å². The van der Waals surface area contributed by atoms with Crippen LogP contribution >= 0.6 is 34.0 Å². The first-order chi connectivity index (χ1) is 72.8. The molecular weight excluding hydrogens is 1850 g/mol. The Bertz CT molecular complexity index is 9340. The van der Waals surface area contributed by atoms with E-state index in [2.05, 4.69) is 431 Å². The van der Waals surface area contributed by atoms with E-state index in [0.29, 0.717) is 40.8 Å². The predicted octanol–water partition coefficient (Wildman–Crippen LogP) is 35.6. The normalized spacial score (nSPS) is 11.4. The standard InChI is InChI=1S/C48H30N4S.C43H27N3S.C42H26N4S/c1-3-11-31(12-4-1)33-19-25-36(26-20-33)45-50-46(37-27-21-34(22-28-37)32-13-5-2-6-14-32)52-47(51-45)38-29-23-35(24-30-38)43-39-15-7-9-17-41(39)49-48-44(43)40-16-8-10-18-42(40)53-48;1-3-12-28(13-4-1)32-16-11-17-33(26-32)38-27-37(44-42(45-38)31-14-5-2-6-15-31)29-22-24-30(25-23-29)40-34-18-7-9-20-36(34)46-43-41(40)35-19-8-10-21-39(35)47-43;1-3-12-27(13-4-1)31-16-11-17-32(26-31)41-45-39(29-14-5-2-6-15-29)44-40(46-41)30-24-22-28(23-25-30)37-33-18-7-9-20-35(33)43-42-38(37)34-19-8-10-21-36(34)47-42/h1-30H;1-27H;1-26H. The van der Waals surface area contributed by atoms with Crippen LogP contribution in [0.25, 0.3) is 274 Å². The molecule has 0 aliphatic heterocycles. The summed E-state index contributed by atoms with van der Waals surface area (Å²) in [5, 5.41) is 10.8. The molecule has 0 N–H and O–H groups in total. The molecule has 0 bridgehead atoms. The number of hydrogen-bond donors (Lipinski definition) is 0. The van der Waals surface area contributed by atoms with Crippen molar-refractivity contribution in [2.45, 2.75) is 0 Å². The first kappa shape index (κ1) is 88.4. The molecule has 14 heteroatoms. The molecule has 0 aliphatic rings. The molecule has 0 saturated carbocycles. The molecular formula is C133H83N11S3. The number of aromatic nitrogens is 11. The maximum Gasteiger partial charge on any atom is 0.164 e. The number of rotatable bonds is 16. The van der Waals surface area contributed by atoms with Gasteiger partial charge in [-0.2, -0.15) is 0 Å². The van der Waals surface area contributed by atoms with Gasteiger partial charge in [0.1, 0.15) is 14.5 Å². The van der Waals surface area contributed by atoms with Gasteiger partial charge in [0.15, 0.2) is 40.8 Å². The van der Waals surface area contributed by atoms with Gasteiger partial charge >= 0.3 is 0 Å². The third kappa shape index (κ3) is 17.5. The molecule has 0 radical (unpaired) electrons. The average Bonchev–Trinajstić information content (AvgIpc) is 1.62. The summed E-state index contributed by atoms with van der Waals surface area (Å²) in [5.74, 6) is 4.52. The summed E-state index contributed by atoms with van der Waals surface area (Å²) in [6.45, 7) is 0. The van der Waals surface area contributed by atoms with Crippen LogP contribution in [0.5, 0.6) is 0 Å². The molecule has 0 fully saturated rings. The van der Waals surface area contributed by atoms with Crippen LogP contribution in [-0.2, 0) is 0 Å². The summed E-state index contributed by atoms with van der Waals surface area (Å²) in [6, 6.07) is 175. The number of para-hydroxylation sites is 3. The molecule has 688 valence electrons. The lowest BCUT2D eigenvalue weighted by atomic mass is 9.95. The van der Waals surface area contributed by atoms with Gasteiger partial charge in [0.05, 0.1) is 27.9 Å². The van der Waals surface area contributed by atoms with E-state index in [1.807, 2.05) is 72.8 Å². The molecule has 0 saturated heterocycles. The SMILES string of the molecule is c1ccc(-c2ccc(-c3nc(-c4ccc(-c5ccccc5)cc4)nc(-c4ccc(-c5c6ccccc6nc6sc7ccccc7c56)cc4)n3)cc2)cc1.c1ccc(-c2cccc(-c3cc(-c4ccc(-c5c6ccccc6nc6sc7ccccc7c56)cc4)nc(-c4ccccc4)n3)c2)cc1.c1ccc(-c2cccc(-c3nc(-c4ccccc4)nc(-c4ccc(-c5c6ccccc6nc6sc7ccccc7c56)cc4)n3)c2)cc1. The summed E-state index contributed by atoms with van der Waals surface area (Å²) < 4.78 is 3.73.